The van der Waals surface area contributed by atoms with Crippen LogP contribution in [0.3, 0.4) is 0 Å². The molecule has 1 aliphatic rings. The zero-order valence-electron chi connectivity index (χ0n) is 26.7. The molecule has 1 fully saturated rings. The molecule has 0 unspecified atom stereocenters. The average Bonchev–Trinajstić information content (AvgIpc) is 3.15. The summed E-state index contributed by atoms with van der Waals surface area (Å²) in [5.41, 5.74) is 4.07. The third-order valence-electron chi connectivity index (χ3n) is 9.36. The van der Waals surface area contributed by atoms with Crippen molar-refractivity contribution in [2.75, 3.05) is 4.90 Å². The summed E-state index contributed by atoms with van der Waals surface area (Å²) in [6.07, 6.45) is -0.103. The van der Waals surface area contributed by atoms with Gasteiger partial charge in [-0.1, -0.05) is 115 Å². The van der Waals surface area contributed by atoms with E-state index in [-0.39, 0.29) is 23.6 Å². The highest BCUT2D eigenvalue weighted by atomic mass is 19.1. The molecule has 0 saturated carbocycles. The Bertz CT molecular complexity index is 1890. The number of anilines is 1. The van der Waals surface area contributed by atoms with Crippen LogP contribution in [0.4, 0.5) is 14.5 Å². The first-order valence-electron chi connectivity index (χ1n) is 16.4. The second-order valence-electron chi connectivity index (χ2n) is 12.3. The van der Waals surface area contributed by atoms with Gasteiger partial charge in [-0.15, -0.1) is 0 Å². The lowest BCUT2D eigenvalue weighted by Gasteiger charge is -2.48. The van der Waals surface area contributed by atoms with Crippen LogP contribution in [0, 0.1) is 17.6 Å². The van der Waals surface area contributed by atoms with Crippen LogP contribution < -0.4 is 9.64 Å². The van der Waals surface area contributed by atoms with E-state index in [0.29, 0.717) is 29.8 Å². The Labute approximate surface area is 284 Å². The summed E-state index contributed by atoms with van der Waals surface area (Å²) in [4.78, 5) is 15.3. The molecular weight excluding hydrogens is 616 g/mol. The van der Waals surface area contributed by atoms with Gasteiger partial charge in [0.15, 0.2) is 5.60 Å². The topological polar surface area (TPSA) is 49.8 Å². The van der Waals surface area contributed by atoms with Crippen molar-refractivity contribution in [2.45, 2.75) is 30.6 Å². The summed E-state index contributed by atoms with van der Waals surface area (Å²) in [7, 11) is 0. The molecule has 4 nitrogen and oxygen atoms in total. The number of hydrogen-bond acceptors (Lipinski definition) is 3. The summed E-state index contributed by atoms with van der Waals surface area (Å²) in [6, 6.07) is 49.5. The van der Waals surface area contributed by atoms with Crippen molar-refractivity contribution in [1.82, 2.24) is 0 Å². The van der Waals surface area contributed by atoms with Gasteiger partial charge in [0.05, 0.1) is 18.1 Å². The van der Waals surface area contributed by atoms with Crippen molar-refractivity contribution in [1.29, 1.82) is 0 Å². The Balaban J connectivity index is 1.22. The third-order valence-corrected chi connectivity index (χ3v) is 9.36. The Morgan fingerprint density at radius 2 is 1.10 bits per heavy atom. The lowest BCUT2D eigenvalue weighted by Crippen LogP contribution is -2.55. The van der Waals surface area contributed by atoms with Crippen LogP contribution in [0.25, 0.3) is 0 Å². The summed E-state index contributed by atoms with van der Waals surface area (Å²) >= 11 is 0. The maximum atomic E-state index is 13.8. The van der Waals surface area contributed by atoms with Crippen LogP contribution in [-0.2, 0) is 10.4 Å². The molecule has 1 aliphatic heterocycles. The zero-order chi connectivity index (χ0) is 33.8. The fourth-order valence-corrected chi connectivity index (χ4v) is 6.90. The van der Waals surface area contributed by atoms with Crippen molar-refractivity contribution in [3.63, 3.8) is 0 Å². The van der Waals surface area contributed by atoms with Gasteiger partial charge in [0.1, 0.15) is 17.4 Å². The summed E-state index contributed by atoms with van der Waals surface area (Å²) < 4.78 is 34.4. The minimum Gasteiger partial charge on any atom is -0.473 e. The van der Waals surface area contributed by atoms with Crippen molar-refractivity contribution in [3.8, 4) is 5.75 Å². The van der Waals surface area contributed by atoms with Crippen molar-refractivity contribution >= 4 is 11.6 Å². The highest BCUT2D eigenvalue weighted by molar-refractivity contribution is 6.03. The van der Waals surface area contributed by atoms with Gasteiger partial charge in [0.2, 0.25) is 5.91 Å². The minimum absolute atomic E-state index is 0.0977. The molecule has 49 heavy (non-hydrogen) atoms. The van der Waals surface area contributed by atoms with Gasteiger partial charge >= 0.3 is 0 Å². The van der Waals surface area contributed by atoms with E-state index in [4.69, 9.17) is 4.74 Å². The van der Waals surface area contributed by atoms with E-state index in [2.05, 4.69) is 36.4 Å². The van der Waals surface area contributed by atoms with Gasteiger partial charge in [-0.05, 0) is 72.5 Å². The van der Waals surface area contributed by atoms with Crippen LogP contribution in [0.1, 0.15) is 52.8 Å². The number of amides is 1. The number of ether oxygens (including phenoxy) is 1. The Morgan fingerprint density at radius 1 is 0.633 bits per heavy atom. The molecule has 0 radical (unpaired) electrons. The number of carbonyl (C=O) groups is 1. The number of hydrogen-bond donors (Lipinski definition) is 1. The number of halogens is 2. The van der Waals surface area contributed by atoms with Crippen LogP contribution in [0.5, 0.6) is 5.75 Å². The predicted molar refractivity (Wildman–Crippen MR) is 187 cm³/mol. The number of nitrogens with zero attached hydrogens (tertiary/aromatic N) is 1. The summed E-state index contributed by atoms with van der Waals surface area (Å²) in [5, 5.41) is 10.9. The Kier molecular flexibility index (Phi) is 9.05. The molecule has 0 aliphatic carbocycles. The molecule has 0 spiro atoms. The van der Waals surface area contributed by atoms with Gasteiger partial charge in [0.25, 0.3) is 0 Å². The second-order valence-corrected chi connectivity index (χ2v) is 12.3. The molecule has 0 aromatic heterocycles. The highest BCUT2D eigenvalue weighted by Crippen LogP contribution is 2.47. The molecule has 1 saturated heterocycles. The van der Waals surface area contributed by atoms with E-state index in [0.717, 1.165) is 22.3 Å². The van der Waals surface area contributed by atoms with Gasteiger partial charge in [-0.25, -0.2) is 8.78 Å². The lowest BCUT2D eigenvalue weighted by molar-refractivity contribution is -0.131. The normalized spacial score (nSPS) is 16.6. The average molecular weight is 652 g/mol. The first kappa shape index (κ1) is 32.0. The molecule has 6 heteroatoms. The molecule has 7 rings (SSSR count). The predicted octanol–water partition coefficient (Wildman–Crippen LogP) is 9.55. The third kappa shape index (κ3) is 6.35. The number of rotatable bonds is 11. The molecule has 0 bridgehead atoms. The highest BCUT2D eigenvalue weighted by Gasteiger charge is 2.48. The monoisotopic (exact) mass is 651 g/mol. The zero-order valence-corrected chi connectivity index (χ0v) is 26.7. The quantitative estimate of drug-likeness (QED) is 0.112. The van der Waals surface area contributed by atoms with Gasteiger partial charge in [-0.3, -0.25) is 4.79 Å². The van der Waals surface area contributed by atoms with E-state index in [1.165, 1.54) is 24.3 Å². The van der Waals surface area contributed by atoms with Gasteiger partial charge < -0.3 is 14.7 Å². The molecular formula is C43H35F2NO3. The molecule has 6 aromatic carbocycles. The van der Waals surface area contributed by atoms with Crippen molar-refractivity contribution < 1.29 is 23.4 Å². The molecule has 1 amide bonds. The Morgan fingerprint density at radius 3 is 1.59 bits per heavy atom. The summed E-state index contributed by atoms with van der Waals surface area (Å²) in [6.45, 7) is 0. The van der Waals surface area contributed by atoms with Gasteiger partial charge in [-0.2, -0.15) is 0 Å². The van der Waals surface area contributed by atoms with E-state index in [1.54, 1.807) is 29.2 Å². The van der Waals surface area contributed by atoms with E-state index in [1.807, 2.05) is 78.9 Å². The van der Waals surface area contributed by atoms with Gasteiger partial charge in [0, 0.05) is 22.4 Å². The summed E-state index contributed by atoms with van der Waals surface area (Å²) in [5.74, 6) is -0.625. The SMILES string of the molecule is O=C1[C@H](CC[C@H](O)c2ccc(F)cc2)[C@@H](c2ccc(OC(c3ccccc3)(c3ccccc3)c3ccccc3)cc2)N1c1ccc(F)cc1. The molecule has 1 heterocycles. The maximum absolute atomic E-state index is 13.8. The smallest absolute Gasteiger partial charge is 0.233 e. The standard InChI is InChI=1S/C43H35F2NO3/c44-35-20-16-30(17-21-35)40(47)29-28-39-41(46(42(39)48)37-24-22-36(45)23-25-37)31-18-26-38(27-19-31)49-43(32-10-4-1-5-11-32,33-12-6-2-7-13-33)34-14-8-3-9-15-34/h1-27,39-41,47H,28-29H2/t39-,40+,41-/m1/s1. The number of carbonyl (C=O) groups excluding carboxylic acids is 1. The lowest BCUT2D eigenvalue weighted by atomic mass is 9.78. The number of aliphatic hydroxyl groups excluding tert-OH is 1. The molecule has 1 N–H and O–H groups in total. The van der Waals surface area contributed by atoms with E-state index >= 15 is 0 Å². The van der Waals surface area contributed by atoms with Crippen LogP contribution in [-0.4, -0.2) is 11.0 Å². The van der Waals surface area contributed by atoms with Crippen molar-refractivity contribution in [2.24, 2.45) is 5.92 Å². The van der Waals surface area contributed by atoms with Crippen LogP contribution in [0.15, 0.2) is 164 Å². The molecule has 3 atom stereocenters. The van der Waals surface area contributed by atoms with Crippen LogP contribution >= 0.6 is 0 Å². The van der Waals surface area contributed by atoms with Crippen LogP contribution in [0.2, 0.25) is 0 Å². The van der Waals surface area contributed by atoms with Crippen molar-refractivity contribution in [3.05, 3.63) is 203 Å². The maximum Gasteiger partial charge on any atom is 0.233 e. The fourth-order valence-electron chi connectivity index (χ4n) is 6.90. The molecule has 6 aromatic rings. The first-order chi connectivity index (χ1) is 23.9. The number of aliphatic hydroxyl groups is 1. The number of β-lactam (4-membered cyclic amide) rings is 1. The molecule has 244 valence electrons. The Hall–Kier alpha value is -5.59. The largest absolute Gasteiger partial charge is 0.473 e. The van der Waals surface area contributed by atoms with E-state index in [9.17, 15) is 18.7 Å². The second kappa shape index (κ2) is 13.9. The number of benzene rings is 6. The first-order valence-corrected chi connectivity index (χ1v) is 16.4. The van der Waals surface area contributed by atoms with E-state index < -0.39 is 17.6 Å². The fraction of sp³-hybridized carbons (Fsp3) is 0.140. The minimum atomic E-state index is -0.948.